The predicted octanol–water partition coefficient (Wildman–Crippen LogP) is 0.261. The molecule has 0 saturated heterocycles. The number of rotatable bonds is 1. The molecule has 0 fully saturated rings. The standard InChI is InChI=1S/C8H10N2O/c1-4-8(2,11)7-5-6-10(3)9-7/h1,5-6,11H,2-3H3. The molecule has 0 spiro atoms. The molecular weight excluding hydrogens is 140 g/mol. The average molecular weight is 150 g/mol. The van der Waals surface area contributed by atoms with Crippen LogP contribution in [-0.2, 0) is 12.6 Å². The van der Waals surface area contributed by atoms with Crippen LogP contribution in [0.3, 0.4) is 0 Å². The molecule has 0 aliphatic heterocycles. The Kier molecular flexibility index (Phi) is 1.71. The molecule has 1 rings (SSSR count). The zero-order valence-corrected chi connectivity index (χ0v) is 6.57. The highest BCUT2D eigenvalue weighted by molar-refractivity contribution is 5.20. The van der Waals surface area contributed by atoms with Crippen molar-refractivity contribution in [2.75, 3.05) is 0 Å². The van der Waals surface area contributed by atoms with Crippen LogP contribution in [0.25, 0.3) is 0 Å². The molecule has 0 aliphatic carbocycles. The molecule has 1 atom stereocenters. The van der Waals surface area contributed by atoms with Crippen molar-refractivity contribution in [1.82, 2.24) is 9.78 Å². The van der Waals surface area contributed by atoms with Crippen molar-refractivity contribution in [3.05, 3.63) is 18.0 Å². The third-order valence-corrected chi connectivity index (χ3v) is 1.49. The normalized spacial score (nSPS) is 15.5. The van der Waals surface area contributed by atoms with E-state index in [1.54, 1.807) is 24.0 Å². The van der Waals surface area contributed by atoms with Gasteiger partial charge in [-0.2, -0.15) is 5.10 Å². The monoisotopic (exact) mass is 150 g/mol. The topological polar surface area (TPSA) is 38.0 Å². The van der Waals surface area contributed by atoms with Crippen LogP contribution in [0, 0.1) is 12.3 Å². The molecule has 1 unspecified atom stereocenters. The molecule has 0 aliphatic rings. The molecule has 3 nitrogen and oxygen atoms in total. The molecule has 0 aromatic carbocycles. The number of hydrogen-bond donors (Lipinski definition) is 1. The summed E-state index contributed by atoms with van der Waals surface area (Å²) in [4.78, 5) is 0. The lowest BCUT2D eigenvalue weighted by Gasteiger charge is -2.11. The van der Waals surface area contributed by atoms with Crippen molar-refractivity contribution >= 4 is 0 Å². The fraction of sp³-hybridized carbons (Fsp3) is 0.375. The minimum atomic E-state index is -1.25. The van der Waals surface area contributed by atoms with Crippen molar-refractivity contribution in [2.24, 2.45) is 7.05 Å². The number of nitrogens with zero attached hydrogens (tertiary/aromatic N) is 2. The molecule has 0 bridgehead atoms. The van der Waals surface area contributed by atoms with Gasteiger partial charge in [-0.3, -0.25) is 4.68 Å². The Balaban J connectivity index is 3.04. The molecule has 1 aromatic rings. The molecule has 1 heterocycles. The average Bonchev–Trinajstić information content (AvgIpc) is 2.36. The summed E-state index contributed by atoms with van der Waals surface area (Å²) >= 11 is 0. The second kappa shape index (κ2) is 2.40. The van der Waals surface area contributed by atoms with Crippen molar-refractivity contribution in [3.8, 4) is 12.3 Å². The van der Waals surface area contributed by atoms with Gasteiger partial charge in [0, 0.05) is 13.2 Å². The van der Waals surface area contributed by atoms with Crippen LogP contribution in [0.15, 0.2) is 12.3 Å². The third-order valence-electron chi connectivity index (χ3n) is 1.49. The molecule has 3 heteroatoms. The maximum atomic E-state index is 9.50. The highest BCUT2D eigenvalue weighted by atomic mass is 16.3. The van der Waals surface area contributed by atoms with Crippen molar-refractivity contribution < 1.29 is 5.11 Å². The van der Waals surface area contributed by atoms with Gasteiger partial charge in [0.25, 0.3) is 0 Å². The molecule has 1 N–H and O–H groups in total. The van der Waals surface area contributed by atoms with Crippen LogP contribution in [0.4, 0.5) is 0 Å². The maximum Gasteiger partial charge on any atom is 0.166 e. The summed E-state index contributed by atoms with van der Waals surface area (Å²) < 4.78 is 1.60. The Labute approximate surface area is 65.7 Å². The van der Waals surface area contributed by atoms with Crippen LogP contribution in [0.1, 0.15) is 12.6 Å². The van der Waals surface area contributed by atoms with Gasteiger partial charge in [-0.15, -0.1) is 6.42 Å². The van der Waals surface area contributed by atoms with Gasteiger partial charge in [0.15, 0.2) is 5.60 Å². The van der Waals surface area contributed by atoms with Crippen LogP contribution in [-0.4, -0.2) is 14.9 Å². The van der Waals surface area contributed by atoms with E-state index >= 15 is 0 Å². The first kappa shape index (κ1) is 7.83. The van der Waals surface area contributed by atoms with Crippen LogP contribution in [0.2, 0.25) is 0 Å². The summed E-state index contributed by atoms with van der Waals surface area (Å²) in [7, 11) is 1.77. The Morgan fingerprint density at radius 2 is 2.45 bits per heavy atom. The van der Waals surface area contributed by atoms with Crippen LogP contribution in [0.5, 0.6) is 0 Å². The molecule has 0 saturated carbocycles. The second-order valence-corrected chi connectivity index (χ2v) is 2.59. The van der Waals surface area contributed by atoms with Gasteiger partial charge < -0.3 is 5.11 Å². The SMILES string of the molecule is C#CC(C)(O)c1ccn(C)n1. The molecule has 58 valence electrons. The Bertz CT molecular complexity index is 293. The smallest absolute Gasteiger partial charge is 0.166 e. The first-order valence-corrected chi connectivity index (χ1v) is 3.26. The van der Waals surface area contributed by atoms with Crippen LogP contribution < -0.4 is 0 Å². The lowest BCUT2D eigenvalue weighted by molar-refractivity contribution is 0.116. The van der Waals surface area contributed by atoms with Gasteiger partial charge in [0.2, 0.25) is 0 Å². The van der Waals surface area contributed by atoms with Crippen LogP contribution >= 0.6 is 0 Å². The van der Waals surface area contributed by atoms with Crippen molar-refractivity contribution in [2.45, 2.75) is 12.5 Å². The van der Waals surface area contributed by atoms with E-state index in [4.69, 9.17) is 6.42 Å². The highest BCUT2D eigenvalue weighted by Crippen LogP contribution is 2.15. The highest BCUT2D eigenvalue weighted by Gasteiger charge is 2.21. The van der Waals surface area contributed by atoms with Gasteiger partial charge in [0.05, 0.1) is 0 Å². The summed E-state index contributed by atoms with van der Waals surface area (Å²) in [6, 6.07) is 1.69. The number of hydrogen-bond acceptors (Lipinski definition) is 2. The number of terminal acetylenes is 1. The molecular formula is C8H10N2O. The van der Waals surface area contributed by atoms with Gasteiger partial charge >= 0.3 is 0 Å². The Hall–Kier alpha value is -1.27. The zero-order chi connectivity index (χ0) is 8.48. The van der Waals surface area contributed by atoms with Gasteiger partial charge in [-0.25, -0.2) is 0 Å². The summed E-state index contributed by atoms with van der Waals surface area (Å²) in [5, 5.41) is 13.5. The van der Waals surface area contributed by atoms with E-state index in [1.165, 1.54) is 6.92 Å². The lowest BCUT2D eigenvalue weighted by atomic mass is 10.1. The maximum absolute atomic E-state index is 9.50. The Morgan fingerprint density at radius 1 is 1.82 bits per heavy atom. The summed E-state index contributed by atoms with van der Waals surface area (Å²) in [5.41, 5.74) is -0.746. The van der Waals surface area contributed by atoms with E-state index in [-0.39, 0.29) is 0 Å². The minimum Gasteiger partial charge on any atom is -0.372 e. The summed E-state index contributed by atoms with van der Waals surface area (Å²) in [6.45, 7) is 1.54. The van der Waals surface area contributed by atoms with E-state index in [9.17, 15) is 5.11 Å². The van der Waals surface area contributed by atoms with Crippen molar-refractivity contribution in [1.29, 1.82) is 0 Å². The van der Waals surface area contributed by atoms with Gasteiger partial charge in [-0.1, -0.05) is 5.92 Å². The quantitative estimate of drug-likeness (QED) is 0.583. The van der Waals surface area contributed by atoms with E-state index in [0.717, 1.165) is 0 Å². The van der Waals surface area contributed by atoms with E-state index < -0.39 is 5.60 Å². The summed E-state index contributed by atoms with van der Waals surface area (Å²) in [6.07, 6.45) is 6.84. The zero-order valence-electron chi connectivity index (χ0n) is 6.57. The predicted molar refractivity (Wildman–Crippen MR) is 41.6 cm³/mol. The fourth-order valence-electron chi connectivity index (χ4n) is 0.749. The third kappa shape index (κ3) is 1.41. The van der Waals surface area contributed by atoms with Gasteiger partial charge in [-0.05, 0) is 13.0 Å². The molecule has 1 aromatic heterocycles. The lowest BCUT2D eigenvalue weighted by Crippen LogP contribution is -2.19. The first-order valence-electron chi connectivity index (χ1n) is 3.26. The minimum absolute atomic E-state index is 0.502. The molecule has 11 heavy (non-hydrogen) atoms. The number of aliphatic hydroxyl groups is 1. The largest absolute Gasteiger partial charge is 0.372 e. The second-order valence-electron chi connectivity index (χ2n) is 2.59. The Morgan fingerprint density at radius 3 is 2.82 bits per heavy atom. The van der Waals surface area contributed by atoms with E-state index in [0.29, 0.717) is 5.69 Å². The number of aromatic nitrogens is 2. The fourth-order valence-corrected chi connectivity index (χ4v) is 0.749. The van der Waals surface area contributed by atoms with Crippen molar-refractivity contribution in [3.63, 3.8) is 0 Å². The van der Waals surface area contributed by atoms with E-state index in [1.807, 2.05) is 0 Å². The van der Waals surface area contributed by atoms with E-state index in [2.05, 4.69) is 11.0 Å². The summed E-state index contributed by atoms with van der Waals surface area (Å²) in [5.74, 6) is 2.25. The van der Waals surface area contributed by atoms with Gasteiger partial charge in [0.1, 0.15) is 5.69 Å². The molecule has 0 amide bonds. The molecule has 0 radical (unpaired) electrons. The number of aryl methyl sites for hydroxylation is 1. The first-order chi connectivity index (χ1) is 5.06.